The van der Waals surface area contributed by atoms with E-state index in [1.54, 1.807) is 17.1 Å². The molecule has 0 saturated carbocycles. The van der Waals surface area contributed by atoms with Crippen LogP contribution in [0.15, 0.2) is 17.3 Å². The molecule has 0 amide bonds. The standard InChI is InChI=1S/C10H16N2O/c1-7(2)9-5-11-6-12(8(3)4)10(9)13/h5-8H,1-4H3. The lowest BCUT2D eigenvalue weighted by atomic mass is 10.1. The zero-order chi connectivity index (χ0) is 10.0. The average molecular weight is 180 g/mol. The summed E-state index contributed by atoms with van der Waals surface area (Å²) in [7, 11) is 0. The molecule has 72 valence electrons. The van der Waals surface area contributed by atoms with Crippen LogP contribution in [0.5, 0.6) is 0 Å². The van der Waals surface area contributed by atoms with Gasteiger partial charge in [0.05, 0.1) is 6.33 Å². The molecule has 3 nitrogen and oxygen atoms in total. The quantitative estimate of drug-likeness (QED) is 0.697. The van der Waals surface area contributed by atoms with Crippen molar-refractivity contribution >= 4 is 0 Å². The first-order valence-electron chi connectivity index (χ1n) is 4.60. The van der Waals surface area contributed by atoms with Crippen molar-refractivity contribution in [2.24, 2.45) is 0 Å². The molecular weight excluding hydrogens is 164 g/mol. The Morgan fingerprint density at radius 1 is 1.31 bits per heavy atom. The van der Waals surface area contributed by atoms with Gasteiger partial charge in [-0.05, 0) is 19.8 Å². The molecule has 0 saturated heterocycles. The second kappa shape index (κ2) is 3.73. The number of rotatable bonds is 2. The van der Waals surface area contributed by atoms with Crippen LogP contribution in [-0.2, 0) is 0 Å². The maximum atomic E-state index is 11.8. The Morgan fingerprint density at radius 2 is 1.92 bits per heavy atom. The summed E-state index contributed by atoms with van der Waals surface area (Å²) in [6, 6.07) is 0.179. The van der Waals surface area contributed by atoms with E-state index in [1.807, 2.05) is 27.7 Å². The van der Waals surface area contributed by atoms with Gasteiger partial charge in [-0.2, -0.15) is 0 Å². The molecule has 0 spiro atoms. The normalized spacial score (nSPS) is 11.2. The van der Waals surface area contributed by atoms with E-state index in [4.69, 9.17) is 0 Å². The number of aromatic nitrogens is 2. The molecule has 1 aromatic rings. The van der Waals surface area contributed by atoms with E-state index in [0.29, 0.717) is 0 Å². The summed E-state index contributed by atoms with van der Waals surface area (Å²) in [6.45, 7) is 7.96. The van der Waals surface area contributed by atoms with E-state index in [2.05, 4.69) is 4.98 Å². The van der Waals surface area contributed by atoms with Gasteiger partial charge in [0, 0.05) is 17.8 Å². The van der Waals surface area contributed by atoms with Crippen molar-refractivity contribution in [3.63, 3.8) is 0 Å². The fraction of sp³-hybridized carbons (Fsp3) is 0.600. The molecule has 0 atom stereocenters. The molecule has 0 aliphatic rings. The molecule has 1 aromatic heterocycles. The van der Waals surface area contributed by atoms with E-state index in [0.717, 1.165) is 5.56 Å². The predicted molar refractivity (Wildman–Crippen MR) is 53.0 cm³/mol. The van der Waals surface area contributed by atoms with Crippen molar-refractivity contribution in [3.8, 4) is 0 Å². The first kappa shape index (κ1) is 9.96. The fourth-order valence-electron chi connectivity index (χ4n) is 1.21. The van der Waals surface area contributed by atoms with Crippen LogP contribution in [0.3, 0.4) is 0 Å². The van der Waals surface area contributed by atoms with Crippen LogP contribution in [0, 0.1) is 0 Å². The molecule has 0 aliphatic heterocycles. The van der Waals surface area contributed by atoms with Gasteiger partial charge in [0.1, 0.15) is 0 Å². The van der Waals surface area contributed by atoms with Gasteiger partial charge >= 0.3 is 0 Å². The van der Waals surface area contributed by atoms with Crippen LogP contribution in [0.25, 0.3) is 0 Å². The third kappa shape index (κ3) is 1.97. The molecule has 0 N–H and O–H groups in total. The molecule has 0 fully saturated rings. The van der Waals surface area contributed by atoms with Gasteiger partial charge in [0.25, 0.3) is 5.56 Å². The minimum absolute atomic E-state index is 0.0833. The lowest BCUT2D eigenvalue weighted by molar-refractivity contribution is 0.557. The number of hydrogen-bond acceptors (Lipinski definition) is 2. The summed E-state index contributed by atoms with van der Waals surface area (Å²) in [5.74, 6) is 0.242. The SMILES string of the molecule is CC(C)c1cncn(C(C)C)c1=O. The third-order valence-electron chi connectivity index (χ3n) is 2.06. The Balaban J connectivity index is 3.27. The summed E-state index contributed by atoms with van der Waals surface area (Å²) in [4.78, 5) is 15.8. The third-order valence-corrected chi connectivity index (χ3v) is 2.06. The van der Waals surface area contributed by atoms with Gasteiger partial charge in [0.15, 0.2) is 0 Å². The second-order valence-corrected chi connectivity index (χ2v) is 3.81. The smallest absolute Gasteiger partial charge is 0.256 e. The van der Waals surface area contributed by atoms with E-state index in [1.165, 1.54) is 0 Å². The van der Waals surface area contributed by atoms with Crippen molar-refractivity contribution in [1.29, 1.82) is 0 Å². The Morgan fingerprint density at radius 3 is 2.38 bits per heavy atom. The van der Waals surface area contributed by atoms with Gasteiger partial charge in [0.2, 0.25) is 0 Å². The molecule has 0 radical (unpaired) electrons. The van der Waals surface area contributed by atoms with Crippen molar-refractivity contribution in [1.82, 2.24) is 9.55 Å². The Kier molecular flexibility index (Phi) is 2.86. The minimum atomic E-state index is 0.0833. The van der Waals surface area contributed by atoms with Crippen molar-refractivity contribution in [2.75, 3.05) is 0 Å². The molecule has 0 aliphatic carbocycles. The maximum absolute atomic E-state index is 11.8. The molecule has 0 unspecified atom stereocenters. The Hall–Kier alpha value is -1.12. The van der Waals surface area contributed by atoms with Crippen LogP contribution >= 0.6 is 0 Å². The zero-order valence-electron chi connectivity index (χ0n) is 8.61. The first-order valence-corrected chi connectivity index (χ1v) is 4.60. The van der Waals surface area contributed by atoms with Crippen molar-refractivity contribution < 1.29 is 0 Å². The van der Waals surface area contributed by atoms with E-state index >= 15 is 0 Å². The first-order chi connectivity index (χ1) is 6.04. The minimum Gasteiger partial charge on any atom is -0.296 e. The molecular formula is C10H16N2O. The van der Waals surface area contributed by atoms with Gasteiger partial charge in [-0.3, -0.25) is 9.36 Å². The molecule has 0 bridgehead atoms. The van der Waals surface area contributed by atoms with Crippen molar-refractivity contribution in [3.05, 3.63) is 28.4 Å². The number of hydrogen-bond donors (Lipinski definition) is 0. The topological polar surface area (TPSA) is 34.9 Å². The summed E-state index contributed by atoms with van der Waals surface area (Å²) < 4.78 is 1.66. The highest BCUT2D eigenvalue weighted by atomic mass is 16.1. The lowest BCUT2D eigenvalue weighted by Crippen LogP contribution is -2.25. The van der Waals surface area contributed by atoms with Crippen LogP contribution in [0.2, 0.25) is 0 Å². The number of nitrogens with zero attached hydrogens (tertiary/aromatic N) is 2. The van der Waals surface area contributed by atoms with Gasteiger partial charge in [-0.15, -0.1) is 0 Å². The highest BCUT2D eigenvalue weighted by Gasteiger charge is 2.08. The highest BCUT2D eigenvalue weighted by Crippen LogP contribution is 2.08. The summed E-state index contributed by atoms with van der Waals surface area (Å²) in [5, 5.41) is 0. The Labute approximate surface area is 78.4 Å². The van der Waals surface area contributed by atoms with Gasteiger partial charge in [-0.1, -0.05) is 13.8 Å². The van der Waals surface area contributed by atoms with E-state index in [9.17, 15) is 4.79 Å². The predicted octanol–water partition coefficient (Wildman–Crippen LogP) is 1.95. The van der Waals surface area contributed by atoms with E-state index in [-0.39, 0.29) is 17.5 Å². The maximum Gasteiger partial charge on any atom is 0.256 e. The van der Waals surface area contributed by atoms with Gasteiger partial charge in [-0.25, -0.2) is 4.98 Å². The van der Waals surface area contributed by atoms with Gasteiger partial charge < -0.3 is 0 Å². The van der Waals surface area contributed by atoms with Crippen LogP contribution in [0.1, 0.15) is 45.2 Å². The molecule has 3 heteroatoms. The molecule has 0 aromatic carbocycles. The molecule has 1 heterocycles. The second-order valence-electron chi connectivity index (χ2n) is 3.81. The highest BCUT2D eigenvalue weighted by molar-refractivity contribution is 5.09. The largest absolute Gasteiger partial charge is 0.296 e. The van der Waals surface area contributed by atoms with Crippen LogP contribution in [0.4, 0.5) is 0 Å². The molecule has 1 rings (SSSR count). The monoisotopic (exact) mass is 180 g/mol. The van der Waals surface area contributed by atoms with Crippen LogP contribution in [-0.4, -0.2) is 9.55 Å². The van der Waals surface area contributed by atoms with E-state index < -0.39 is 0 Å². The summed E-state index contributed by atoms with van der Waals surface area (Å²) in [5.41, 5.74) is 0.871. The Bertz CT molecular complexity index is 310. The average Bonchev–Trinajstić information content (AvgIpc) is 2.03. The van der Waals surface area contributed by atoms with Crippen LogP contribution < -0.4 is 5.56 Å². The lowest BCUT2D eigenvalue weighted by Gasteiger charge is -2.11. The zero-order valence-corrected chi connectivity index (χ0v) is 8.61. The summed E-state index contributed by atoms with van der Waals surface area (Å²) >= 11 is 0. The van der Waals surface area contributed by atoms with Crippen molar-refractivity contribution in [2.45, 2.75) is 39.7 Å². The molecule has 13 heavy (non-hydrogen) atoms. The summed E-state index contributed by atoms with van der Waals surface area (Å²) in [6.07, 6.45) is 3.25. The fourth-order valence-corrected chi connectivity index (χ4v) is 1.21.